The van der Waals surface area contributed by atoms with Gasteiger partial charge in [0.2, 0.25) is 5.88 Å². The number of benzene rings is 1. The van der Waals surface area contributed by atoms with Crippen LogP contribution in [0.5, 0.6) is 5.88 Å². The van der Waals surface area contributed by atoms with E-state index in [2.05, 4.69) is 40.9 Å². The number of ether oxygens (including phenoxy) is 1. The molecule has 0 saturated heterocycles. The van der Waals surface area contributed by atoms with Crippen LogP contribution in [-0.2, 0) is 6.54 Å². The van der Waals surface area contributed by atoms with Gasteiger partial charge in [0.15, 0.2) is 0 Å². The molecule has 2 heterocycles. The highest BCUT2D eigenvalue weighted by Gasteiger charge is 2.04. The second-order valence-corrected chi connectivity index (χ2v) is 5.47. The number of nitrogens with zero attached hydrogens (tertiary/aromatic N) is 4. The summed E-state index contributed by atoms with van der Waals surface area (Å²) in [6, 6.07) is 6.09. The van der Waals surface area contributed by atoms with Crippen LogP contribution in [0, 0.1) is 5.92 Å². The summed E-state index contributed by atoms with van der Waals surface area (Å²) in [7, 11) is 0. The van der Waals surface area contributed by atoms with Crippen LogP contribution in [0.25, 0.3) is 11.0 Å². The van der Waals surface area contributed by atoms with E-state index in [0.29, 0.717) is 18.4 Å². The van der Waals surface area contributed by atoms with Crippen molar-refractivity contribution in [2.45, 2.75) is 20.4 Å². The van der Waals surface area contributed by atoms with Crippen LogP contribution in [-0.4, -0.2) is 26.1 Å². The number of fused-ring (bicyclic) bond motifs is 1. The molecule has 0 bridgehead atoms. The molecule has 21 heavy (non-hydrogen) atoms. The quantitative estimate of drug-likeness (QED) is 0.722. The maximum Gasteiger partial charge on any atom is 0.232 e. The lowest BCUT2D eigenvalue weighted by molar-refractivity contribution is 0.261. The van der Waals surface area contributed by atoms with E-state index in [1.54, 1.807) is 18.7 Å². The average Bonchev–Trinajstić information content (AvgIpc) is 2.98. The van der Waals surface area contributed by atoms with Crippen molar-refractivity contribution in [3.8, 4) is 5.88 Å². The molecule has 3 aromatic rings. The summed E-state index contributed by atoms with van der Waals surface area (Å²) in [5.74, 6) is 1.05. The summed E-state index contributed by atoms with van der Waals surface area (Å²) in [4.78, 5) is 13.0. The molecule has 0 radical (unpaired) electrons. The van der Waals surface area contributed by atoms with E-state index in [1.165, 1.54) is 5.56 Å². The molecule has 3 rings (SSSR count). The second kappa shape index (κ2) is 5.91. The Labute approximate surface area is 123 Å². The van der Waals surface area contributed by atoms with Crippen LogP contribution in [0.3, 0.4) is 0 Å². The predicted octanol–water partition coefficient (Wildman–Crippen LogP) is 2.91. The molecule has 1 aromatic carbocycles. The first-order chi connectivity index (χ1) is 10.2. The van der Waals surface area contributed by atoms with E-state index in [-0.39, 0.29) is 0 Å². The first-order valence-corrected chi connectivity index (χ1v) is 7.05. The number of aromatic nitrogens is 4. The summed E-state index contributed by atoms with van der Waals surface area (Å²) in [5.41, 5.74) is 2.90. The SMILES string of the molecule is CC(C)COc1cnc2cc(Cn3ccnc3)ccc2n1. The lowest BCUT2D eigenvalue weighted by atomic mass is 10.2. The zero-order valence-electron chi connectivity index (χ0n) is 12.2. The van der Waals surface area contributed by atoms with Crippen LogP contribution in [0.2, 0.25) is 0 Å². The van der Waals surface area contributed by atoms with Gasteiger partial charge in [-0.2, -0.15) is 0 Å². The van der Waals surface area contributed by atoms with E-state index in [0.717, 1.165) is 17.6 Å². The highest BCUT2D eigenvalue weighted by molar-refractivity contribution is 5.75. The van der Waals surface area contributed by atoms with Gasteiger partial charge in [-0.25, -0.2) is 15.0 Å². The molecular formula is C16H18N4O. The van der Waals surface area contributed by atoms with Crippen molar-refractivity contribution in [1.29, 1.82) is 0 Å². The van der Waals surface area contributed by atoms with Crippen molar-refractivity contribution in [3.63, 3.8) is 0 Å². The summed E-state index contributed by atoms with van der Waals surface area (Å²) in [5, 5.41) is 0. The summed E-state index contributed by atoms with van der Waals surface area (Å²) in [6.07, 6.45) is 7.21. The van der Waals surface area contributed by atoms with E-state index in [1.807, 2.05) is 16.8 Å². The maximum atomic E-state index is 5.61. The van der Waals surface area contributed by atoms with Crippen molar-refractivity contribution in [2.24, 2.45) is 5.92 Å². The summed E-state index contributed by atoms with van der Waals surface area (Å²) in [6.45, 7) is 5.65. The normalized spacial score (nSPS) is 11.2. The number of rotatable bonds is 5. The van der Waals surface area contributed by atoms with Gasteiger partial charge in [0, 0.05) is 18.9 Å². The van der Waals surface area contributed by atoms with Gasteiger partial charge in [-0.1, -0.05) is 19.9 Å². The Hall–Kier alpha value is -2.43. The first kappa shape index (κ1) is 13.5. The third-order valence-corrected chi connectivity index (χ3v) is 3.07. The Morgan fingerprint density at radius 2 is 2.14 bits per heavy atom. The van der Waals surface area contributed by atoms with Gasteiger partial charge in [0.1, 0.15) is 0 Å². The molecule has 0 unspecified atom stereocenters. The van der Waals surface area contributed by atoms with Gasteiger partial charge in [0.05, 0.1) is 30.2 Å². The molecule has 108 valence electrons. The minimum Gasteiger partial charge on any atom is -0.476 e. The first-order valence-electron chi connectivity index (χ1n) is 7.05. The van der Waals surface area contributed by atoms with Gasteiger partial charge in [-0.3, -0.25) is 0 Å². The molecule has 0 N–H and O–H groups in total. The van der Waals surface area contributed by atoms with Crippen molar-refractivity contribution in [3.05, 3.63) is 48.7 Å². The Kier molecular flexibility index (Phi) is 3.81. The zero-order valence-corrected chi connectivity index (χ0v) is 12.2. The van der Waals surface area contributed by atoms with Gasteiger partial charge >= 0.3 is 0 Å². The highest BCUT2D eigenvalue weighted by atomic mass is 16.5. The smallest absolute Gasteiger partial charge is 0.232 e. The minimum atomic E-state index is 0.472. The number of hydrogen-bond acceptors (Lipinski definition) is 4. The van der Waals surface area contributed by atoms with Crippen LogP contribution in [0.1, 0.15) is 19.4 Å². The topological polar surface area (TPSA) is 52.8 Å². The fourth-order valence-electron chi connectivity index (χ4n) is 2.05. The summed E-state index contributed by atoms with van der Waals surface area (Å²) >= 11 is 0. The molecule has 5 nitrogen and oxygen atoms in total. The maximum absolute atomic E-state index is 5.61. The predicted molar refractivity (Wildman–Crippen MR) is 81.2 cm³/mol. The fourth-order valence-corrected chi connectivity index (χ4v) is 2.05. The van der Waals surface area contributed by atoms with E-state index >= 15 is 0 Å². The fraction of sp³-hybridized carbons (Fsp3) is 0.312. The molecular weight excluding hydrogens is 264 g/mol. The molecule has 0 amide bonds. The lowest BCUT2D eigenvalue weighted by Gasteiger charge is -2.08. The van der Waals surface area contributed by atoms with Crippen LogP contribution in [0.15, 0.2) is 43.1 Å². The van der Waals surface area contributed by atoms with Gasteiger partial charge in [-0.15, -0.1) is 0 Å². The largest absolute Gasteiger partial charge is 0.476 e. The molecule has 0 atom stereocenters. The standard InChI is InChI=1S/C16H18N4O/c1-12(2)10-21-16-8-18-15-7-13(3-4-14(15)19-16)9-20-6-5-17-11-20/h3-8,11-12H,9-10H2,1-2H3. The van der Waals surface area contributed by atoms with Crippen LogP contribution < -0.4 is 4.74 Å². The van der Waals surface area contributed by atoms with Gasteiger partial charge in [0.25, 0.3) is 0 Å². The summed E-state index contributed by atoms with van der Waals surface area (Å²) < 4.78 is 7.63. The molecule has 2 aromatic heterocycles. The minimum absolute atomic E-state index is 0.472. The second-order valence-electron chi connectivity index (χ2n) is 5.47. The highest BCUT2D eigenvalue weighted by Crippen LogP contribution is 2.16. The van der Waals surface area contributed by atoms with Crippen LogP contribution in [0.4, 0.5) is 0 Å². The third kappa shape index (κ3) is 3.37. The van der Waals surface area contributed by atoms with Gasteiger partial charge < -0.3 is 9.30 Å². The van der Waals surface area contributed by atoms with Crippen molar-refractivity contribution < 1.29 is 4.74 Å². The third-order valence-electron chi connectivity index (χ3n) is 3.07. The monoisotopic (exact) mass is 282 g/mol. The Morgan fingerprint density at radius 1 is 1.24 bits per heavy atom. The van der Waals surface area contributed by atoms with Crippen molar-refractivity contribution in [1.82, 2.24) is 19.5 Å². The Morgan fingerprint density at radius 3 is 2.90 bits per heavy atom. The van der Waals surface area contributed by atoms with Crippen molar-refractivity contribution in [2.75, 3.05) is 6.61 Å². The van der Waals surface area contributed by atoms with E-state index < -0.39 is 0 Å². The lowest BCUT2D eigenvalue weighted by Crippen LogP contribution is -2.06. The van der Waals surface area contributed by atoms with Crippen LogP contribution >= 0.6 is 0 Å². The Bertz CT molecular complexity index is 722. The average molecular weight is 282 g/mol. The zero-order chi connectivity index (χ0) is 14.7. The van der Waals surface area contributed by atoms with E-state index in [9.17, 15) is 0 Å². The number of hydrogen-bond donors (Lipinski definition) is 0. The van der Waals surface area contributed by atoms with Gasteiger partial charge in [-0.05, 0) is 23.6 Å². The molecule has 5 heteroatoms. The van der Waals surface area contributed by atoms with E-state index in [4.69, 9.17) is 4.74 Å². The Balaban J connectivity index is 1.80. The van der Waals surface area contributed by atoms with Crippen molar-refractivity contribution >= 4 is 11.0 Å². The molecule has 0 saturated carbocycles. The molecule has 0 fully saturated rings. The number of imidazole rings is 1. The molecule has 0 aliphatic rings. The molecule has 0 aliphatic heterocycles. The molecule has 0 spiro atoms. The molecule has 0 aliphatic carbocycles.